The van der Waals surface area contributed by atoms with Crippen molar-refractivity contribution in [1.29, 1.82) is 0 Å². The van der Waals surface area contributed by atoms with Crippen LogP contribution in [0.3, 0.4) is 0 Å². The second kappa shape index (κ2) is 6.35. The van der Waals surface area contributed by atoms with E-state index in [1.807, 2.05) is 6.92 Å². The number of tetrazole rings is 1. The fourth-order valence-electron chi connectivity index (χ4n) is 2.54. The van der Waals surface area contributed by atoms with Crippen molar-refractivity contribution in [2.24, 2.45) is 7.05 Å². The van der Waals surface area contributed by atoms with Gasteiger partial charge in [-0.05, 0) is 29.0 Å². The van der Waals surface area contributed by atoms with Crippen molar-refractivity contribution in [2.75, 3.05) is 0 Å². The van der Waals surface area contributed by atoms with Gasteiger partial charge in [0.1, 0.15) is 11.3 Å². The van der Waals surface area contributed by atoms with Gasteiger partial charge in [-0.1, -0.05) is 6.92 Å². The molecule has 0 fully saturated rings. The molecule has 0 spiro atoms. The van der Waals surface area contributed by atoms with Crippen LogP contribution >= 0.6 is 0 Å². The summed E-state index contributed by atoms with van der Waals surface area (Å²) < 4.78 is 41.7. The molecule has 3 aromatic rings. The lowest BCUT2D eigenvalue weighted by atomic mass is 10.2. The molecule has 0 aliphatic heterocycles. The van der Waals surface area contributed by atoms with E-state index in [0.717, 1.165) is 21.6 Å². The lowest BCUT2D eigenvalue weighted by Crippen LogP contribution is -2.40. The molecule has 0 amide bonds. The van der Waals surface area contributed by atoms with Gasteiger partial charge in [0.15, 0.2) is 5.82 Å². The molecule has 0 atom stereocenters. The SMILES string of the molecule is CCCn1nnnc1Cn1c(=O)c2ccc(C(F)(F)F)nc2n(C)c1=O. The lowest BCUT2D eigenvalue weighted by molar-refractivity contribution is -0.141. The van der Waals surface area contributed by atoms with Gasteiger partial charge in [-0.3, -0.25) is 13.9 Å². The highest BCUT2D eigenvalue weighted by Gasteiger charge is 2.33. The van der Waals surface area contributed by atoms with E-state index >= 15 is 0 Å². The minimum atomic E-state index is -4.68. The Morgan fingerprint density at radius 3 is 2.58 bits per heavy atom. The van der Waals surface area contributed by atoms with E-state index in [9.17, 15) is 22.8 Å². The molecule has 3 rings (SSSR count). The van der Waals surface area contributed by atoms with E-state index in [1.165, 1.54) is 11.7 Å². The van der Waals surface area contributed by atoms with Crippen molar-refractivity contribution in [3.05, 3.63) is 44.5 Å². The highest BCUT2D eigenvalue weighted by atomic mass is 19.4. The summed E-state index contributed by atoms with van der Waals surface area (Å²) in [7, 11) is 1.25. The van der Waals surface area contributed by atoms with E-state index in [-0.39, 0.29) is 17.6 Å². The van der Waals surface area contributed by atoms with E-state index < -0.39 is 23.1 Å². The molecule has 0 radical (unpaired) electrons. The summed E-state index contributed by atoms with van der Waals surface area (Å²) in [5.74, 6) is 0.297. The first kappa shape index (κ1) is 17.8. The number of fused-ring (bicyclic) bond motifs is 1. The normalized spacial score (nSPS) is 12.0. The predicted molar refractivity (Wildman–Crippen MR) is 83.5 cm³/mol. The van der Waals surface area contributed by atoms with Gasteiger partial charge in [0.25, 0.3) is 5.56 Å². The Morgan fingerprint density at radius 2 is 1.92 bits per heavy atom. The second-order valence-electron chi connectivity index (χ2n) is 5.62. The molecular weight excluding hydrogens is 355 g/mol. The zero-order valence-corrected chi connectivity index (χ0v) is 13.9. The molecule has 9 nitrogen and oxygen atoms in total. The average Bonchev–Trinajstić information content (AvgIpc) is 3.03. The van der Waals surface area contributed by atoms with Gasteiger partial charge >= 0.3 is 11.9 Å². The smallest absolute Gasteiger partial charge is 0.280 e. The van der Waals surface area contributed by atoms with Crippen LogP contribution in [-0.2, 0) is 26.3 Å². The van der Waals surface area contributed by atoms with Gasteiger partial charge in [0.05, 0.1) is 11.9 Å². The Labute approximate surface area is 143 Å². The van der Waals surface area contributed by atoms with Gasteiger partial charge in [-0.15, -0.1) is 5.10 Å². The Bertz CT molecular complexity index is 1080. The highest BCUT2D eigenvalue weighted by molar-refractivity contribution is 5.74. The largest absolute Gasteiger partial charge is 0.433 e. The van der Waals surface area contributed by atoms with E-state index in [2.05, 4.69) is 20.5 Å². The number of halogens is 3. The van der Waals surface area contributed by atoms with Crippen molar-refractivity contribution in [3.63, 3.8) is 0 Å². The monoisotopic (exact) mass is 369 g/mol. The highest BCUT2D eigenvalue weighted by Crippen LogP contribution is 2.28. The maximum Gasteiger partial charge on any atom is 0.433 e. The van der Waals surface area contributed by atoms with Crippen molar-refractivity contribution >= 4 is 11.0 Å². The van der Waals surface area contributed by atoms with Crippen molar-refractivity contribution in [1.82, 2.24) is 34.3 Å². The summed E-state index contributed by atoms with van der Waals surface area (Å²) in [6.45, 7) is 2.22. The molecule has 12 heteroatoms. The summed E-state index contributed by atoms with van der Waals surface area (Å²) in [6.07, 6.45) is -3.94. The maximum absolute atomic E-state index is 12.8. The van der Waals surface area contributed by atoms with Gasteiger partial charge in [-0.25, -0.2) is 14.5 Å². The molecule has 138 valence electrons. The summed E-state index contributed by atoms with van der Waals surface area (Å²) in [5, 5.41) is 11.0. The first-order valence-electron chi connectivity index (χ1n) is 7.67. The van der Waals surface area contributed by atoms with Crippen LogP contribution in [0.5, 0.6) is 0 Å². The maximum atomic E-state index is 12.8. The number of alkyl halides is 3. The van der Waals surface area contributed by atoms with Gasteiger partial charge in [0, 0.05) is 13.6 Å². The topological polar surface area (TPSA) is 100 Å². The quantitative estimate of drug-likeness (QED) is 0.666. The van der Waals surface area contributed by atoms with Crippen molar-refractivity contribution < 1.29 is 13.2 Å². The molecule has 0 saturated heterocycles. The second-order valence-corrected chi connectivity index (χ2v) is 5.62. The molecular formula is C14H14F3N7O2. The Morgan fingerprint density at radius 1 is 1.19 bits per heavy atom. The van der Waals surface area contributed by atoms with Gasteiger partial charge < -0.3 is 0 Å². The number of aryl methyl sites for hydroxylation is 2. The third-order valence-corrected chi connectivity index (χ3v) is 3.82. The molecule has 0 aliphatic rings. The van der Waals surface area contributed by atoms with Gasteiger partial charge in [0.2, 0.25) is 0 Å². The van der Waals surface area contributed by atoms with Crippen LogP contribution in [0.15, 0.2) is 21.7 Å². The van der Waals surface area contributed by atoms with Crippen molar-refractivity contribution in [3.8, 4) is 0 Å². The molecule has 0 bridgehead atoms. The zero-order chi connectivity index (χ0) is 19.1. The molecule has 3 heterocycles. The number of nitrogens with zero attached hydrogens (tertiary/aromatic N) is 7. The van der Waals surface area contributed by atoms with Crippen molar-refractivity contribution in [2.45, 2.75) is 32.6 Å². The third-order valence-electron chi connectivity index (χ3n) is 3.82. The third kappa shape index (κ3) is 2.97. The molecule has 0 N–H and O–H groups in total. The molecule has 0 aromatic carbocycles. The first-order chi connectivity index (χ1) is 12.2. The molecule has 0 saturated carbocycles. The summed E-state index contributed by atoms with van der Waals surface area (Å²) in [4.78, 5) is 28.5. The summed E-state index contributed by atoms with van der Waals surface area (Å²) >= 11 is 0. The Kier molecular flexibility index (Phi) is 4.34. The number of pyridine rings is 1. The van der Waals surface area contributed by atoms with Crippen LogP contribution in [-0.4, -0.2) is 34.3 Å². The van der Waals surface area contributed by atoms with Crippen LogP contribution in [0, 0.1) is 0 Å². The van der Waals surface area contributed by atoms with E-state index in [4.69, 9.17) is 0 Å². The minimum absolute atomic E-state index is 0.102. The standard InChI is InChI=1S/C14H14F3N7O2/c1-3-6-24-10(19-20-21-24)7-23-12(25)8-4-5-9(14(15,16)17)18-11(8)22(2)13(23)26/h4-5H,3,6-7H2,1-2H3. The fourth-order valence-corrected chi connectivity index (χ4v) is 2.54. The van der Waals surface area contributed by atoms with Crippen LogP contribution < -0.4 is 11.2 Å². The van der Waals surface area contributed by atoms with Crippen LogP contribution in [0.4, 0.5) is 13.2 Å². The molecule has 3 aromatic heterocycles. The molecule has 0 aliphatic carbocycles. The number of hydrogen-bond acceptors (Lipinski definition) is 6. The zero-order valence-electron chi connectivity index (χ0n) is 13.9. The Balaban J connectivity index is 2.18. The van der Waals surface area contributed by atoms with Crippen LogP contribution in [0.1, 0.15) is 24.9 Å². The van der Waals surface area contributed by atoms with Gasteiger partial charge in [-0.2, -0.15) is 13.2 Å². The van der Waals surface area contributed by atoms with Crippen LogP contribution in [0.25, 0.3) is 11.0 Å². The lowest BCUT2D eigenvalue weighted by Gasteiger charge is -2.12. The fraction of sp³-hybridized carbons (Fsp3) is 0.429. The predicted octanol–water partition coefficient (Wildman–Crippen LogP) is 0.559. The molecule has 0 unspecified atom stereocenters. The van der Waals surface area contributed by atoms with Crippen LogP contribution in [0.2, 0.25) is 0 Å². The minimum Gasteiger partial charge on any atom is -0.280 e. The summed E-state index contributed by atoms with van der Waals surface area (Å²) in [6, 6.07) is 1.72. The number of hydrogen-bond donors (Lipinski definition) is 0. The first-order valence-corrected chi connectivity index (χ1v) is 7.67. The average molecular weight is 369 g/mol. The molecule has 26 heavy (non-hydrogen) atoms. The van der Waals surface area contributed by atoms with E-state index in [0.29, 0.717) is 18.4 Å². The summed E-state index contributed by atoms with van der Waals surface area (Å²) in [5.41, 5.74) is -3.07. The Hall–Kier alpha value is -3.05. The van der Waals surface area contributed by atoms with E-state index in [1.54, 1.807) is 0 Å². The number of rotatable bonds is 4. The number of aromatic nitrogens is 7.